The number of aromatic nitrogens is 1. The zero-order valence-electron chi connectivity index (χ0n) is 14.7. The third-order valence-electron chi connectivity index (χ3n) is 4.38. The summed E-state index contributed by atoms with van der Waals surface area (Å²) >= 11 is 1.59. The van der Waals surface area contributed by atoms with Gasteiger partial charge in [-0.05, 0) is 37.4 Å². The summed E-state index contributed by atoms with van der Waals surface area (Å²) in [5.41, 5.74) is 1.53. The number of anilines is 1. The number of benzene rings is 1. The van der Waals surface area contributed by atoms with Crippen LogP contribution in [0.2, 0.25) is 0 Å². The Hall–Kier alpha value is -2.05. The summed E-state index contributed by atoms with van der Waals surface area (Å²) in [4.78, 5) is 21.7. The smallest absolute Gasteiger partial charge is 0.258 e. The first-order valence-corrected chi connectivity index (χ1v) is 9.57. The fraction of sp³-hybridized carbons (Fsp3) is 0.368. The summed E-state index contributed by atoms with van der Waals surface area (Å²) < 4.78 is 0. The predicted molar refractivity (Wildman–Crippen MR) is 103 cm³/mol. The molecule has 1 unspecified atom stereocenters. The molecule has 0 aliphatic carbocycles. The molecule has 1 aliphatic rings. The van der Waals surface area contributed by atoms with Crippen LogP contribution in [-0.4, -0.2) is 52.4 Å². The van der Waals surface area contributed by atoms with E-state index in [0.717, 1.165) is 30.3 Å². The van der Waals surface area contributed by atoms with Crippen molar-refractivity contribution >= 4 is 23.4 Å². The van der Waals surface area contributed by atoms with Gasteiger partial charge in [0.2, 0.25) is 0 Å². The first-order valence-electron chi connectivity index (χ1n) is 8.69. The summed E-state index contributed by atoms with van der Waals surface area (Å²) in [6.45, 7) is 7.82. The third kappa shape index (κ3) is 4.14. The van der Waals surface area contributed by atoms with Gasteiger partial charge in [-0.15, -0.1) is 0 Å². The molecule has 0 fully saturated rings. The highest BCUT2D eigenvalue weighted by molar-refractivity contribution is 8.00. The lowest BCUT2D eigenvalue weighted by Gasteiger charge is -2.37. The number of likely N-dealkylation sites (N-methyl/N-ethyl adjacent to an activating group) is 1. The average Bonchev–Trinajstić information content (AvgIpc) is 2.65. The van der Waals surface area contributed by atoms with Gasteiger partial charge in [0.15, 0.2) is 5.50 Å². The van der Waals surface area contributed by atoms with Crippen LogP contribution in [0, 0.1) is 0 Å². The number of amides is 1. The fourth-order valence-electron chi connectivity index (χ4n) is 2.87. The van der Waals surface area contributed by atoms with Crippen LogP contribution in [0.15, 0.2) is 53.7 Å². The SMILES string of the molecule is CCN(CC)CCN1C(=O)c2cccnc2SC1Nc1ccccc1. The van der Waals surface area contributed by atoms with Gasteiger partial charge in [-0.2, -0.15) is 0 Å². The zero-order chi connectivity index (χ0) is 17.6. The molecule has 2 aromatic rings. The lowest BCUT2D eigenvalue weighted by molar-refractivity contribution is 0.0719. The summed E-state index contributed by atoms with van der Waals surface area (Å²) in [7, 11) is 0. The molecule has 5 nitrogen and oxygen atoms in total. The quantitative estimate of drug-likeness (QED) is 0.824. The number of carbonyl (C=O) groups excluding carboxylic acids is 1. The maximum Gasteiger partial charge on any atom is 0.258 e. The molecule has 1 aliphatic heterocycles. The summed E-state index contributed by atoms with van der Waals surface area (Å²) in [6, 6.07) is 13.7. The minimum atomic E-state index is -0.159. The van der Waals surface area contributed by atoms with E-state index in [2.05, 4.69) is 29.0 Å². The van der Waals surface area contributed by atoms with Crippen molar-refractivity contribution in [3.05, 3.63) is 54.2 Å². The van der Waals surface area contributed by atoms with Crippen molar-refractivity contribution in [2.75, 3.05) is 31.5 Å². The molecular formula is C19H24N4OS. The van der Waals surface area contributed by atoms with Gasteiger partial charge in [0.05, 0.1) is 5.56 Å². The number of carbonyl (C=O) groups is 1. The standard InChI is InChI=1S/C19H24N4OS/c1-3-22(4-2)13-14-23-18(24)16-11-8-12-20-17(16)25-19(23)21-15-9-6-5-7-10-15/h5-12,19,21H,3-4,13-14H2,1-2H3. The molecule has 1 amide bonds. The molecular weight excluding hydrogens is 332 g/mol. The second-order valence-electron chi connectivity index (χ2n) is 5.86. The number of hydrogen-bond acceptors (Lipinski definition) is 5. The maximum absolute atomic E-state index is 13.0. The third-order valence-corrected chi connectivity index (χ3v) is 5.53. The van der Waals surface area contributed by atoms with Gasteiger partial charge in [-0.3, -0.25) is 4.79 Å². The van der Waals surface area contributed by atoms with Gasteiger partial charge in [0.25, 0.3) is 5.91 Å². The fourth-order valence-corrected chi connectivity index (χ4v) is 4.01. The molecule has 0 spiro atoms. The minimum Gasteiger partial charge on any atom is -0.356 e. The van der Waals surface area contributed by atoms with Crippen molar-refractivity contribution < 1.29 is 4.79 Å². The number of rotatable bonds is 7. The topological polar surface area (TPSA) is 48.5 Å². The number of para-hydroxylation sites is 1. The molecule has 132 valence electrons. The van der Waals surface area contributed by atoms with Crippen molar-refractivity contribution in [2.45, 2.75) is 24.4 Å². The zero-order valence-corrected chi connectivity index (χ0v) is 15.5. The van der Waals surface area contributed by atoms with Gasteiger partial charge in [0, 0.05) is 25.0 Å². The average molecular weight is 356 g/mol. The van der Waals surface area contributed by atoms with Gasteiger partial charge in [-0.1, -0.05) is 43.8 Å². The first-order chi connectivity index (χ1) is 12.2. The second kappa shape index (κ2) is 8.36. The van der Waals surface area contributed by atoms with E-state index in [4.69, 9.17) is 0 Å². The largest absolute Gasteiger partial charge is 0.356 e. The van der Waals surface area contributed by atoms with Gasteiger partial charge < -0.3 is 15.1 Å². The van der Waals surface area contributed by atoms with Crippen molar-refractivity contribution in [1.82, 2.24) is 14.8 Å². The number of thioether (sulfide) groups is 1. The van der Waals surface area contributed by atoms with E-state index >= 15 is 0 Å². The Balaban J connectivity index is 1.82. The molecule has 2 heterocycles. The number of nitrogens with one attached hydrogen (secondary N) is 1. The molecule has 1 atom stereocenters. The molecule has 1 aromatic heterocycles. The Kier molecular flexibility index (Phi) is 5.94. The van der Waals surface area contributed by atoms with Crippen LogP contribution in [0.5, 0.6) is 0 Å². The maximum atomic E-state index is 13.0. The lowest BCUT2D eigenvalue weighted by atomic mass is 10.2. The summed E-state index contributed by atoms with van der Waals surface area (Å²) in [5.74, 6) is 0.0439. The molecule has 0 saturated carbocycles. The molecule has 3 rings (SSSR count). The Morgan fingerprint density at radius 2 is 1.92 bits per heavy atom. The van der Waals surface area contributed by atoms with E-state index in [1.54, 1.807) is 18.0 Å². The molecule has 6 heteroatoms. The molecule has 0 radical (unpaired) electrons. The predicted octanol–water partition coefficient (Wildman–Crippen LogP) is 3.37. The van der Waals surface area contributed by atoms with E-state index in [1.807, 2.05) is 47.4 Å². The number of nitrogens with zero attached hydrogens (tertiary/aromatic N) is 3. The van der Waals surface area contributed by atoms with Gasteiger partial charge in [0.1, 0.15) is 5.03 Å². The number of pyridine rings is 1. The molecule has 1 N–H and O–H groups in total. The molecule has 25 heavy (non-hydrogen) atoms. The first kappa shape index (κ1) is 17.8. The normalized spacial score (nSPS) is 16.8. The number of hydrogen-bond donors (Lipinski definition) is 1. The van der Waals surface area contributed by atoms with Gasteiger partial charge in [-0.25, -0.2) is 4.98 Å². The van der Waals surface area contributed by atoms with E-state index in [0.29, 0.717) is 12.1 Å². The summed E-state index contributed by atoms with van der Waals surface area (Å²) in [5, 5.41) is 4.26. The van der Waals surface area contributed by atoms with Crippen LogP contribution < -0.4 is 5.32 Å². The van der Waals surface area contributed by atoms with Crippen molar-refractivity contribution in [1.29, 1.82) is 0 Å². The minimum absolute atomic E-state index is 0.0439. The van der Waals surface area contributed by atoms with Crippen LogP contribution in [0.1, 0.15) is 24.2 Å². The van der Waals surface area contributed by atoms with Crippen molar-refractivity contribution in [3.8, 4) is 0 Å². The highest BCUT2D eigenvalue weighted by Crippen LogP contribution is 2.34. The highest BCUT2D eigenvalue weighted by atomic mass is 32.2. The summed E-state index contributed by atoms with van der Waals surface area (Å²) in [6.07, 6.45) is 1.74. The van der Waals surface area contributed by atoms with E-state index < -0.39 is 0 Å². The number of fused-ring (bicyclic) bond motifs is 1. The van der Waals surface area contributed by atoms with Crippen LogP contribution in [0.3, 0.4) is 0 Å². The Labute approximate surface area is 153 Å². The second-order valence-corrected chi connectivity index (χ2v) is 6.93. The molecule has 0 bridgehead atoms. The lowest BCUT2D eigenvalue weighted by Crippen LogP contribution is -2.49. The van der Waals surface area contributed by atoms with E-state index in [9.17, 15) is 4.79 Å². The Bertz CT molecular complexity index is 706. The van der Waals surface area contributed by atoms with Crippen LogP contribution in [0.4, 0.5) is 5.69 Å². The monoisotopic (exact) mass is 356 g/mol. The van der Waals surface area contributed by atoms with Crippen molar-refractivity contribution in [3.63, 3.8) is 0 Å². The van der Waals surface area contributed by atoms with Crippen LogP contribution in [0.25, 0.3) is 0 Å². The van der Waals surface area contributed by atoms with E-state index in [1.165, 1.54) is 0 Å². The van der Waals surface area contributed by atoms with Crippen LogP contribution >= 0.6 is 11.8 Å². The molecule has 1 aromatic carbocycles. The Morgan fingerprint density at radius 3 is 2.64 bits per heavy atom. The van der Waals surface area contributed by atoms with Gasteiger partial charge >= 0.3 is 0 Å². The Morgan fingerprint density at radius 1 is 1.16 bits per heavy atom. The van der Waals surface area contributed by atoms with Crippen molar-refractivity contribution in [2.24, 2.45) is 0 Å². The molecule has 0 saturated heterocycles. The van der Waals surface area contributed by atoms with E-state index in [-0.39, 0.29) is 11.4 Å². The van der Waals surface area contributed by atoms with Crippen LogP contribution in [-0.2, 0) is 0 Å². The highest BCUT2D eigenvalue weighted by Gasteiger charge is 2.33.